The first-order valence-electron chi connectivity index (χ1n) is 13.8. The molecule has 39 heavy (non-hydrogen) atoms. The van der Waals surface area contributed by atoms with E-state index in [0.717, 1.165) is 35.1 Å². The molecule has 2 aromatic carbocycles. The third-order valence-electron chi connectivity index (χ3n) is 6.13. The maximum absolute atomic E-state index is 14.5. The number of hydrogen-bond acceptors (Lipinski definition) is 4. The summed E-state index contributed by atoms with van der Waals surface area (Å²) in [6.07, 6.45) is 1.35. The fourth-order valence-electron chi connectivity index (χ4n) is 4.58. The number of alkyl carbamates (subject to hydrolysis) is 1. The van der Waals surface area contributed by atoms with E-state index in [-0.39, 0.29) is 18.2 Å². The minimum Gasteiger partial charge on any atom is -0.444 e. The molecule has 0 aliphatic carbocycles. The second kappa shape index (κ2) is 13.6. The number of nitrogens with one attached hydrogen (secondary N) is 2. The maximum atomic E-state index is 14.5. The van der Waals surface area contributed by atoms with Crippen molar-refractivity contribution in [2.24, 2.45) is 0 Å². The van der Waals surface area contributed by atoms with Crippen LogP contribution in [0.3, 0.4) is 0 Å². The molecule has 7 heteroatoms. The van der Waals surface area contributed by atoms with Gasteiger partial charge in [0.1, 0.15) is 17.7 Å². The number of hydrogen-bond donors (Lipinski definition) is 2. The number of rotatable bonds is 10. The fraction of sp³-hybridized carbons (Fsp3) is 0.531. The van der Waals surface area contributed by atoms with Crippen LogP contribution in [0.15, 0.2) is 48.5 Å². The lowest BCUT2D eigenvalue weighted by Crippen LogP contribution is -2.59. The lowest BCUT2D eigenvalue weighted by atomic mass is 9.92. The van der Waals surface area contributed by atoms with Gasteiger partial charge in [0.15, 0.2) is 0 Å². The van der Waals surface area contributed by atoms with Gasteiger partial charge in [-0.15, -0.1) is 0 Å². The second-order valence-electron chi connectivity index (χ2n) is 12.2. The summed E-state index contributed by atoms with van der Waals surface area (Å²) in [5, 5.41) is 5.85. The van der Waals surface area contributed by atoms with Gasteiger partial charge in [0.2, 0.25) is 11.8 Å². The van der Waals surface area contributed by atoms with Crippen molar-refractivity contribution in [1.29, 1.82) is 0 Å². The molecule has 0 aliphatic heterocycles. The van der Waals surface area contributed by atoms with Crippen LogP contribution in [0.5, 0.6) is 0 Å². The molecule has 2 atom stereocenters. The van der Waals surface area contributed by atoms with Gasteiger partial charge in [-0.25, -0.2) is 4.79 Å². The lowest BCUT2D eigenvalue weighted by molar-refractivity contribution is -0.148. The van der Waals surface area contributed by atoms with Crippen LogP contribution in [-0.4, -0.2) is 46.5 Å². The monoisotopic (exact) mass is 537 g/mol. The molecule has 0 spiro atoms. The van der Waals surface area contributed by atoms with Crippen molar-refractivity contribution in [2.75, 3.05) is 6.54 Å². The van der Waals surface area contributed by atoms with Gasteiger partial charge in [0, 0.05) is 18.5 Å². The molecule has 3 amide bonds. The van der Waals surface area contributed by atoms with E-state index in [0.29, 0.717) is 6.54 Å². The standard InChI is InChI=1S/C32H47N3O4/c1-10-11-17-33-28(36)27(25-19-22(2)18-23(3)20-25)35(31(4,5)6)29(37)26(21-24-15-13-12-14-16-24)34-30(38)39-32(7,8)9/h12-16,18-20,26-27H,10-11,17,21H2,1-9H3,(H,33,36)(H,34,38). The van der Waals surface area contributed by atoms with E-state index in [4.69, 9.17) is 4.74 Å². The van der Waals surface area contributed by atoms with Crippen molar-refractivity contribution in [2.45, 2.75) is 105 Å². The van der Waals surface area contributed by atoms with Gasteiger partial charge in [0.25, 0.3) is 0 Å². The molecule has 2 aromatic rings. The molecule has 214 valence electrons. The Hall–Kier alpha value is -3.35. The summed E-state index contributed by atoms with van der Waals surface area (Å²) in [4.78, 5) is 42.8. The Bertz CT molecular complexity index is 1100. The Morgan fingerprint density at radius 3 is 2.03 bits per heavy atom. The van der Waals surface area contributed by atoms with Crippen LogP contribution in [0, 0.1) is 13.8 Å². The molecule has 0 aliphatic rings. The molecule has 0 bridgehead atoms. The summed E-state index contributed by atoms with van der Waals surface area (Å²) in [5.74, 6) is -0.598. The molecule has 0 radical (unpaired) electrons. The number of aryl methyl sites for hydroxylation is 2. The first-order valence-corrected chi connectivity index (χ1v) is 13.8. The molecular formula is C32H47N3O4. The van der Waals surface area contributed by atoms with Gasteiger partial charge >= 0.3 is 6.09 Å². The molecule has 2 rings (SSSR count). The topological polar surface area (TPSA) is 87.7 Å². The summed E-state index contributed by atoms with van der Waals surface area (Å²) in [6.45, 7) is 17.6. The van der Waals surface area contributed by atoms with E-state index < -0.39 is 29.3 Å². The zero-order valence-electron chi connectivity index (χ0n) is 25.2. The van der Waals surface area contributed by atoms with Gasteiger partial charge in [0.05, 0.1) is 0 Å². The lowest BCUT2D eigenvalue weighted by Gasteiger charge is -2.43. The van der Waals surface area contributed by atoms with Crippen molar-refractivity contribution in [3.8, 4) is 0 Å². The van der Waals surface area contributed by atoms with Crippen LogP contribution in [0.4, 0.5) is 4.79 Å². The normalized spacial score (nSPS) is 13.3. The van der Waals surface area contributed by atoms with Crippen molar-refractivity contribution in [1.82, 2.24) is 15.5 Å². The molecule has 0 heterocycles. The first-order chi connectivity index (χ1) is 18.1. The molecular weight excluding hydrogens is 490 g/mol. The largest absolute Gasteiger partial charge is 0.444 e. The quantitative estimate of drug-likeness (QED) is 0.363. The molecule has 2 N–H and O–H groups in total. The smallest absolute Gasteiger partial charge is 0.408 e. The highest BCUT2D eigenvalue weighted by Gasteiger charge is 2.42. The molecule has 0 saturated carbocycles. The Morgan fingerprint density at radius 1 is 0.923 bits per heavy atom. The highest BCUT2D eigenvalue weighted by atomic mass is 16.6. The van der Waals surface area contributed by atoms with E-state index in [1.807, 2.05) is 83.1 Å². The van der Waals surface area contributed by atoms with Crippen LogP contribution >= 0.6 is 0 Å². The Balaban J connectivity index is 2.61. The molecule has 0 saturated heterocycles. The van der Waals surface area contributed by atoms with Gasteiger partial charge in [-0.05, 0) is 72.9 Å². The van der Waals surface area contributed by atoms with Crippen molar-refractivity contribution in [3.63, 3.8) is 0 Å². The number of carbonyl (C=O) groups is 3. The second-order valence-corrected chi connectivity index (χ2v) is 12.2. The van der Waals surface area contributed by atoms with E-state index in [9.17, 15) is 14.4 Å². The summed E-state index contributed by atoms with van der Waals surface area (Å²) in [7, 11) is 0. The average Bonchev–Trinajstić information content (AvgIpc) is 2.79. The summed E-state index contributed by atoms with van der Waals surface area (Å²) in [5.41, 5.74) is 2.16. The van der Waals surface area contributed by atoms with Gasteiger partial charge in [-0.3, -0.25) is 9.59 Å². The van der Waals surface area contributed by atoms with Crippen LogP contribution in [0.2, 0.25) is 0 Å². The number of nitrogens with zero attached hydrogens (tertiary/aromatic N) is 1. The van der Waals surface area contributed by atoms with Crippen LogP contribution in [0.25, 0.3) is 0 Å². The number of amides is 3. The van der Waals surface area contributed by atoms with Gasteiger partial charge in [-0.2, -0.15) is 0 Å². The van der Waals surface area contributed by atoms with Crippen LogP contribution in [0.1, 0.15) is 89.6 Å². The van der Waals surface area contributed by atoms with Crippen molar-refractivity contribution < 1.29 is 19.1 Å². The zero-order chi connectivity index (χ0) is 29.4. The zero-order valence-corrected chi connectivity index (χ0v) is 25.2. The Labute approximate surface area is 234 Å². The highest BCUT2D eigenvalue weighted by Crippen LogP contribution is 2.31. The van der Waals surface area contributed by atoms with E-state index in [1.165, 1.54) is 0 Å². The van der Waals surface area contributed by atoms with Crippen molar-refractivity contribution >= 4 is 17.9 Å². The van der Waals surface area contributed by atoms with Gasteiger partial charge < -0.3 is 20.3 Å². The summed E-state index contributed by atoms with van der Waals surface area (Å²) >= 11 is 0. The first kappa shape index (κ1) is 31.9. The van der Waals surface area contributed by atoms with Gasteiger partial charge in [-0.1, -0.05) is 73.0 Å². The fourth-order valence-corrected chi connectivity index (χ4v) is 4.58. The van der Waals surface area contributed by atoms with Crippen LogP contribution < -0.4 is 10.6 Å². The molecule has 7 nitrogen and oxygen atoms in total. The predicted octanol–water partition coefficient (Wildman–Crippen LogP) is 6.02. The number of ether oxygens (including phenoxy) is 1. The third-order valence-corrected chi connectivity index (χ3v) is 6.13. The third kappa shape index (κ3) is 10.0. The van der Waals surface area contributed by atoms with E-state index in [1.54, 1.807) is 25.7 Å². The maximum Gasteiger partial charge on any atom is 0.408 e. The summed E-state index contributed by atoms with van der Waals surface area (Å²) in [6, 6.07) is 13.6. The molecule has 0 aromatic heterocycles. The average molecular weight is 538 g/mol. The van der Waals surface area contributed by atoms with Crippen molar-refractivity contribution in [3.05, 3.63) is 70.8 Å². The highest BCUT2D eigenvalue weighted by molar-refractivity contribution is 5.93. The Morgan fingerprint density at radius 2 is 1.51 bits per heavy atom. The van der Waals surface area contributed by atoms with Crippen LogP contribution in [-0.2, 0) is 20.7 Å². The summed E-state index contributed by atoms with van der Waals surface area (Å²) < 4.78 is 5.51. The number of benzene rings is 2. The SMILES string of the molecule is CCCCNC(=O)C(c1cc(C)cc(C)c1)N(C(=O)C(Cc1ccccc1)NC(=O)OC(C)(C)C)C(C)(C)C. The Kier molecular flexibility index (Phi) is 11.1. The van der Waals surface area contributed by atoms with E-state index >= 15 is 0 Å². The minimum atomic E-state index is -0.946. The molecule has 0 fully saturated rings. The minimum absolute atomic E-state index is 0.243. The molecule has 2 unspecified atom stereocenters. The number of carbonyl (C=O) groups excluding carboxylic acids is 3. The predicted molar refractivity (Wildman–Crippen MR) is 156 cm³/mol. The number of unbranched alkanes of at least 4 members (excludes halogenated alkanes) is 1. The van der Waals surface area contributed by atoms with E-state index in [2.05, 4.69) is 17.6 Å².